The van der Waals surface area contributed by atoms with Gasteiger partial charge in [-0.25, -0.2) is 0 Å². The van der Waals surface area contributed by atoms with E-state index in [2.05, 4.69) is 15.5 Å². The van der Waals surface area contributed by atoms with Gasteiger partial charge in [-0.05, 0) is 29.8 Å². The Bertz CT molecular complexity index is 811. The summed E-state index contributed by atoms with van der Waals surface area (Å²) < 4.78 is 5.30. The fourth-order valence-electron chi connectivity index (χ4n) is 2.01. The van der Waals surface area contributed by atoms with E-state index in [1.165, 1.54) is 18.3 Å². The first kappa shape index (κ1) is 15.7. The zero-order valence-electron chi connectivity index (χ0n) is 12.4. The van der Waals surface area contributed by atoms with Crippen LogP contribution in [-0.4, -0.2) is 16.0 Å². The van der Waals surface area contributed by atoms with E-state index in [0.29, 0.717) is 29.7 Å². The van der Waals surface area contributed by atoms with Gasteiger partial charge >= 0.3 is 0 Å². The minimum Gasteiger partial charge on any atom is -0.351 e. The van der Waals surface area contributed by atoms with E-state index in [4.69, 9.17) is 16.1 Å². The van der Waals surface area contributed by atoms with E-state index >= 15 is 0 Å². The van der Waals surface area contributed by atoms with Crippen molar-refractivity contribution in [1.82, 2.24) is 15.5 Å². The molecule has 0 aliphatic carbocycles. The Hall–Kier alpha value is -2.18. The lowest BCUT2D eigenvalue weighted by atomic mass is 10.1. The molecule has 0 aliphatic rings. The molecule has 0 aliphatic heterocycles. The largest absolute Gasteiger partial charge is 0.351 e. The van der Waals surface area contributed by atoms with E-state index in [0.717, 1.165) is 15.3 Å². The quantitative estimate of drug-likeness (QED) is 0.764. The van der Waals surface area contributed by atoms with Crippen molar-refractivity contribution in [3.63, 3.8) is 0 Å². The highest BCUT2D eigenvalue weighted by molar-refractivity contribution is 7.15. The molecule has 7 heteroatoms. The normalized spacial score (nSPS) is 10.7. The van der Waals surface area contributed by atoms with Crippen LogP contribution >= 0.6 is 22.9 Å². The van der Waals surface area contributed by atoms with Gasteiger partial charge in [-0.3, -0.25) is 4.79 Å². The first-order valence-electron chi connectivity index (χ1n) is 7.01. The summed E-state index contributed by atoms with van der Waals surface area (Å²) in [6.07, 6.45) is 0.564. The number of amides is 1. The molecule has 0 unspecified atom stereocenters. The molecule has 3 rings (SSSR count). The first-order chi connectivity index (χ1) is 11.1. The molecule has 0 atom stereocenters. The summed E-state index contributed by atoms with van der Waals surface area (Å²) in [5, 5.41) is 7.48. The molecule has 1 N–H and O–H groups in total. The van der Waals surface area contributed by atoms with Crippen LogP contribution in [0.4, 0.5) is 0 Å². The van der Waals surface area contributed by atoms with Crippen molar-refractivity contribution in [2.24, 2.45) is 0 Å². The SMILES string of the molecule is CC(=O)NCc1ccc(-c2noc(Cc3ccc(Cl)cc3)n2)s1. The molecule has 3 aromatic rings. The second-order valence-electron chi connectivity index (χ2n) is 4.99. The van der Waals surface area contributed by atoms with Gasteiger partial charge in [0.2, 0.25) is 17.6 Å². The molecule has 5 nitrogen and oxygen atoms in total. The highest BCUT2D eigenvalue weighted by Gasteiger charge is 2.12. The van der Waals surface area contributed by atoms with Gasteiger partial charge in [-0.1, -0.05) is 28.9 Å². The first-order valence-corrected chi connectivity index (χ1v) is 8.20. The van der Waals surface area contributed by atoms with Gasteiger partial charge in [0.05, 0.1) is 17.8 Å². The van der Waals surface area contributed by atoms with Gasteiger partial charge in [0.1, 0.15) is 0 Å². The van der Waals surface area contributed by atoms with E-state index in [1.807, 2.05) is 36.4 Å². The fraction of sp³-hybridized carbons (Fsp3) is 0.188. The van der Waals surface area contributed by atoms with Crippen LogP contribution < -0.4 is 5.32 Å². The summed E-state index contributed by atoms with van der Waals surface area (Å²) in [7, 11) is 0. The molecule has 0 fully saturated rings. The number of thiophene rings is 1. The molecule has 0 saturated carbocycles. The Kier molecular flexibility index (Phi) is 4.73. The molecular formula is C16H14ClN3O2S. The third-order valence-corrected chi connectivity index (χ3v) is 4.46. The second kappa shape index (κ2) is 6.93. The molecule has 0 bridgehead atoms. The van der Waals surface area contributed by atoms with Crippen LogP contribution in [-0.2, 0) is 17.8 Å². The fourth-order valence-corrected chi connectivity index (χ4v) is 3.01. The lowest BCUT2D eigenvalue weighted by molar-refractivity contribution is -0.119. The smallest absolute Gasteiger partial charge is 0.231 e. The number of hydrogen-bond donors (Lipinski definition) is 1. The van der Waals surface area contributed by atoms with Crippen LogP contribution in [0, 0.1) is 0 Å². The van der Waals surface area contributed by atoms with Gasteiger partial charge in [-0.2, -0.15) is 4.98 Å². The van der Waals surface area contributed by atoms with Crippen LogP contribution in [0.2, 0.25) is 5.02 Å². The van der Waals surface area contributed by atoms with Crippen LogP contribution in [0.25, 0.3) is 10.7 Å². The maximum Gasteiger partial charge on any atom is 0.231 e. The van der Waals surface area contributed by atoms with Crippen molar-refractivity contribution in [2.75, 3.05) is 0 Å². The van der Waals surface area contributed by atoms with E-state index in [1.54, 1.807) is 0 Å². The summed E-state index contributed by atoms with van der Waals surface area (Å²) in [5.41, 5.74) is 1.06. The van der Waals surface area contributed by atoms with Gasteiger partial charge < -0.3 is 9.84 Å². The summed E-state index contributed by atoms with van der Waals surface area (Å²) in [5.74, 6) is 1.07. The average Bonchev–Trinajstić information content (AvgIpc) is 3.16. The number of benzene rings is 1. The highest BCUT2D eigenvalue weighted by atomic mass is 35.5. The van der Waals surface area contributed by atoms with Crippen LogP contribution in [0.15, 0.2) is 40.9 Å². The van der Waals surface area contributed by atoms with E-state index in [9.17, 15) is 4.79 Å². The monoisotopic (exact) mass is 347 g/mol. The molecule has 1 amide bonds. The Balaban J connectivity index is 1.69. The number of carbonyl (C=O) groups excluding carboxylic acids is 1. The number of rotatable bonds is 5. The van der Waals surface area contributed by atoms with E-state index in [-0.39, 0.29) is 5.91 Å². The molecule has 1 aromatic carbocycles. The van der Waals surface area contributed by atoms with Crippen molar-refractivity contribution in [3.8, 4) is 10.7 Å². The lowest BCUT2D eigenvalue weighted by Gasteiger charge is -1.96. The molecule has 0 radical (unpaired) electrons. The average molecular weight is 348 g/mol. The highest BCUT2D eigenvalue weighted by Crippen LogP contribution is 2.26. The maximum atomic E-state index is 10.9. The minimum absolute atomic E-state index is 0.0511. The molecule has 118 valence electrons. The van der Waals surface area contributed by atoms with Crippen molar-refractivity contribution in [1.29, 1.82) is 0 Å². The predicted octanol–water partition coefficient (Wildman–Crippen LogP) is 3.68. The molecule has 23 heavy (non-hydrogen) atoms. The lowest BCUT2D eigenvalue weighted by Crippen LogP contribution is -2.17. The zero-order chi connectivity index (χ0) is 16.2. The number of hydrogen-bond acceptors (Lipinski definition) is 5. The molecular weight excluding hydrogens is 334 g/mol. The Labute approximate surface area is 142 Å². The van der Waals surface area contributed by atoms with Gasteiger partial charge in [0.25, 0.3) is 0 Å². The van der Waals surface area contributed by atoms with Gasteiger partial charge in [-0.15, -0.1) is 11.3 Å². The summed E-state index contributed by atoms with van der Waals surface area (Å²) in [4.78, 5) is 17.3. The summed E-state index contributed by atoms with van der Waals surface area (Å²) in [6, 6.07) is 11.4. The Morgan fingerprint density at radius 3 is 2.78 bits per heavy atom. The van der Waals surface area contributed by atoms with Crippen LogP contribution in [0.5, 0.6) is 0 Å². The molecule has 2 heterocycles. The number of aromatic nitrogens is 2. The number of carbonyl (C=O) groups is 1. The summed E-state index contributed by atoms with van der Waals surface area (Å²) in [6.45, 7) is 2.01. The number of halogens is 1. The van der Waals surface area contributed by atoms with Crippen molar-refractivity contribution in [3.05, 3.63) is 57.8 Å². The van der Waals surface area contributed by atoms with E-state index < -0.39 is 0 Å². The topological polar surface area (TPSA) is 68.0 Å². The Morgan fingerprint density at radius 1 is 1.26 bits per heavy atom. The van der Waals surface area contributed by atoms with Crippen molar-refractivity contribution in [2.45, 2.75) is 19.9 Å². The molecule has 0 saturated heterocycles. The zero-order valence-corrected chi connectivity index (χ0v) is 13.9. The van der Waals surface area contributed by atoms with Gasteiger partial charge in [0.15, 0.2) is 0 Å². The van der Waals surface area contributed by atoms with Crippen molar-refractivity contribution >= 4 is 28.8 Å². The molecule has 2 aromatic heterocycles. The predicted molar refractivity (Wildman–Crippen MR) is 89.4 cm³/mol. The number of nitrogens with zero attached hydrogens (tertiary/aromatic N) is 2. The standard InChI is InChI=1S/C16H14ClN3O2S/c1-10(21)18-9-13-6-7-14(23-13)16-19-15(22-20-16)8-11-2-4-12(17)5-3-11/h2-7H,8-9H2,1H3,(H,18,21). The van der Waals surface area contributed by atoms with Crippen molar-refractivity contribution < 1.29 is 9.32 Å². The number of nitrogens with one attached hydrogen (secondary N) is 1. The molecule has 0 spiro atoms. The maximum absolute atomic E-state index is 10.9. The third kappa shape index (κ3) is 4.18. The second-order valence-corrected chi connectivity index (χ2v) is 6.60. The Morgan fingerprint density at radius 2 is 2.04 bits per heavy atom. The van der Waals surface area contributed by atoms with Gasteiger partial charge in [0, 0.05) is 16.8 Å². The minimum atomic E-state index is -0.0511. The third-order valence-electron chi connectivity index (χ3n) is 3.13. The summed E-state index contributed by atoms with van der Waals surface area (Å²) >= 11 is 7.40. The van der Waals surface area contributed by atoms with Crippen LogP contribution in [0.1, 0.15) is 23.3 Å². The van der Waals surface area contributed by atoms with Crippen LogP contribution in [0.3, 0.4) is 0 Å².